The molecule has 0 aliphatic heterocycles. The van der Waals surface area contributed by atoms with Crippen molar-refractivity contribution in [2.75, 3.05) is 0 Å². The van der Waals surface area contributed by atoms with E-state index in [1.807, 2.05) is 0 Å². The van der Waals surface area contributed by atoms with Gasteiger partial charge in [0.25, 0.3) is 0 Å². The Bertz CT molecular complexity index is 264. The molecule has 0 saturated carbocycles. The van der Waals surface area contributed by atoms with Crippen molar-refractivity contribution < 1.29 is 135 Å². The molecule has 0 bridgehead atoms. The van der Waals surface area contributed by atoms with Crippen molar-refractivity contribution in [3.05, 3.63) is 0 Å². The van der Waals surface area contributed by atoms with Gasteiger partial charge in [-0.3, -0.25) is 0 Å². The predicted molar refractivity (Wildman–Crippen MR) is 41.2 cm³/mol. The summed E-state index contributed by atoms with van der Waals surface area (Å²) < 4.78 is 101. The van der Waals surface area contributed by atoms with Gasteiger partial charge >= 0.3 is 130 Å². The Balaban J connectivity index is -0.00000000800. The molecule has 0 N–H and O–H groups in total. The van der Waals surface area contributed by atoms with Crippen molar-refractivity contribution in [2.45, 2.75) is 0 Å². The summed E-state index contributed by atoms with van der Waals surface area (Å²) >= 11 is -3.75. The van der Waals surface area contributed by atoms with E-state index in [0.717, 1.165) is 0 Å². The molecule has 21 heteroatoms. The number of rotatable bonds is 0. The Morgan fingerprint density at radius 1 is 0.476 bits per heavy atom. The van der Waals surface area contributed by atoms with E-state index in [1.165, 1.54) is 0 Å². The van der Waals surface area contributed by atoms with Crippen LogP contribution in [0.15, 0.2) is 0 Å². The number of hydrogen-bond acceptors (Lipinski definition) is 12. The van der Waals surface area contributed by atoms with E-state index in [9.17, 15) is 0 Å². The van der Waals surface area contributed by atoms with E-state index in [-0.39, 0.29) is 59.4 Å². The standard InChI is InChI=1S/3Fe.3Li.3HO2P.6O.2H/c;;;;;;3*1-3-2;;;;;;;;/h;;;;;;3*3H;;;;;;;;/q;;;;2*+1;;;;;;;;;;2*-1. The molecule has 12 nitrogen and oxygen atoms in total. The predicted octanol–water partition coefficient (Wildman–Crippen LogP) is -5.80. The van der Waals surface area contributed by atoms with Gasteiger partial charge < -0.3 is 2.85 Å². The third-order valence-corrected chi connectivity index (χ3v) is 0. The maximum atomic E-state index is 8.40. The normalized spacial score (nSPS) is 4.00. The quantitative estimate of drug-likeness (QED) is 0.236. The second-order valence-electron chi connectivity index (χ2n) is 0.427. The Labute approximate surface area is 177 Å². The van der Waals surface area contributed by atoms with Crippen LogP contribution in [0.3, 0.4) is 0 Å². The molecule has 0 aromatic rings. The first-order valence-corrected chi connectivity index (χ1v) is 7.24. The summed E-state index contributed by atoms with van der Waals surface area (Å²) in [7, 11) is -4.25. The van der Waals surface area contributed by atoms with E-state index >= 15 is 0 Å². The maximum absolute atomic E-state index is 8.40. The summed E-state index contributed by atoms with van der Waals surface area (Å²) in [5, 5.41) is 0. The summed E-state index contributed by atoms with van der Waals surface area (Å²) in [6.45, 7) is 0. The molecule has 0 spiro atoms. The summed E-state index contributed by atoms with van der Waals surface area (Å²) in [4.78, 5) is 0. The van der Waals surface area contributed by atoms with Crippen molar-refractivity contribution in [3.63, 3.8) is 0 Å². The molecule has 119 valence electrons. The van der Waals surface area contributed by atoms with Crippen molar-refractivity contribution in [3.8, 4) is 0 Å². The van der Waals surface area contributed by atoms with E-state index in [2.05, 4.69) is 0 Å². The van der Waals surface area contributed by atoms with Crippen LogP contribution in [-0.4, -0.2) is 18.9 Å². The van der Waals surface area contributed by atoms with Gasteiger partial charge in [0.15, 0.2) is 0 Å². The molecule has 0 aliphatic carbocycles. The van der Waals surface area contributed by atoms with Crippen molar-refractivity contribution in [2.24, 2.45) is 0 Å². The Kier molecular flexibility index (Phi) is 417. The molecule has 0 saturated heterocycles. The van der Waals surface area contributed by atoms with Gasteiger partial charge in [-0.1, -0.05) is 0 Å². The summed E-state index contributed by atoms with van der Waals surface area (Å²) in [6.07, 6.45) is 0. The van der Waals surface area contributed by atoms with Crippen molar-refractivity contribution in [1.82, 2.24) is 0 Å². The van der Waals surface area contributed by atoms with Crippen LogP contribution in [0.1, 0.15) is 2.85 Å². The fraction of sp³-hybridized carbons (Fsp3) is 0. The van der Waals surface area contributed by atoms with Gasteiger partial charge in [0.2, 0.25) is 0 Å². The fourth-order valence-corrected chi connectivity index (χ4v) is 0. The molecular formula is H5Fe3Li3O12P3. The third kappa shape index (κ3) is 2510. The van der Waals surface area contributed by atoms with Crippen LogP contribution in [0.4, 0.5) is 0 Å². The van der Waals surface area contributed by atoms with Gasteiger partial charge in [0, 0.05) is 18.9 Å². The molecule has 0 aliphatic rings. The second-order valence-corrected chi connectivity index (χ2v) is 1.48. The Morgan fingerprint density at radius 2 is 0.476 bits per heavy atom. The van der Waals surface area contributed by atoms with Crippen LogP contribution in [0.25, 0.3) is 0 Å². The van der Waals surface area contributed by atoms with Gasteiger partial charge in [-0.15, -0.1) is 0 Å². The third-order valence-electron chi connectivity index (χ3n) is 0. The summed E-state index contributed by atoms with van der Waals surface area (Å²) in [6, 6.07) is 0. The monoisotopic (exact) mass is 479 g/mol. The molecule has 0 atom stereocenters. The molecule has 21 heavy (non-hydrogen) atoms. The molecule has 0 amide bonds. The van der Waals surface area contributed by atoms with Crippen LogP contribution >= 0.6 is 25.0 Å². The zero-order chi connectivity index (χ0) is 16.2. The zero-order valence-corrected chi connectivity index (χ0v) is 16.8. The Hall–Kier alpha value is 1.85. The average Bonchev–Trinajstić information content (AvgIpc) is 2.23. The molecule has 0 fully saturated rings. The topological polar surface area (TPSA) is 205 Å². The number of hydrogen-bond donors (Lipinski definition) is 0. The van der Waals surface area contributed by atoms with Gasteiger partial charge in [0.1, 0.15) is 0 Å². The van der Waals surface area contributed by atoms with Gasteiger partial charge in [-0.25, -0.2) is 27.4 Å². The molecule has 1 radical (unpaired) electrons. The van der Waals surface area contributed by atoms with Crippen LogP contribution in [0.5, 0.6) is 0 Å². The first-order valence-electron chi connectivity index (χ1n) is 2.09. The van der Waals surface area contributed by atoms with Crippen LogP contribution < -0.4 is 37.7 Å². The minimum atomic E-state index is -1.42. The van der Waals surface area contributed by atoms with Crippen molar-refractivity contribution >= 4 is 43.9 Å². The molecule has 0 heterocycles. The molecule has 0 aromatic carbocycles. The minimum absolute atomic E-state index is 0. The SMILES string of the molecule is O=[PH]=O.O=[PH]=O.O=[PH]=O.[H-].[H-].[Li+].[Li+].[Li].[O]=[Fe]=[O].[O]=[Fe]=[O].[O]=[Fe]=[O]. The van der Waals surface area contributed by atoms with E-state index in [4.69, 9.17) is 50.4 Å². The first kappa shape index (κ1) is 56.9. The molecule has 0 unspecified atom stereocenters. The second kappa shape index (κ2) is 154. The Morgan fingerprint density at radius 3 is 0.476 bits per heavy atom. The molecular weight excluding hydrogens is 473 g/mol. The van der Waals surface area contributed by atoms with Crippen molar-refractivity contribution in [1.29, 1.82) is 0 Å². The van der Waals surface area contributed by atoms with E-state index in [1.54, 1.807) is 0 Å². The van der Waals surface area contributed by atoms with Gasteiger partial charge in [-0.2, -0.15) is 0 Å². The molecule has 0 rings (SSSR count). The van der Waals surface area contributed by atoms with Crippen LogP contribution in [0.2, 0.25) is 0 Å². The molecule has 0 aromatic heterocycles. The van der Waals surface area contributed by atoms with Crippen LogP contribution in [0, 0.1) is 0 Å². The van der Waals surface area contributed by atoms with Crippen LogP contribution in [-0.2, 0) is 94.9 Å². The van der Waals surface area contributed by atoms with Gasteiger partial charge in [0.05, 0.1) is 0 Å². The van der Waals surface area contributed by atoms with E-state index < -0.39 is 69.5 Å². The zero-order valence-electron chi connectivity index (χ0n) is 12.5. The summed E-state index contributed by atoms with van der Waals surface area (Å²) in [5.41, 5.74) is 0. The summed E-state index contributed by atoms with van der Waals surface area (Å²) in [5.74, 6) is 0. The van der Waals surface area contributed by atoms with E-state index in [0.29, 0.717) is 0 Å². The first-order chi connectivity index (χ1) is 8.49. The average molecular weight is 478 g/mol. The van der Waals surface area contributed by atoms with Gasteiger partial charge in [-0.05, 0) is 0 Å². The fourth-order valence-electron chi connectivity index (χ4n) is 0.